The minimum absolute atomic E-state index is 0.183. The Hall–Kier alpha value is -6.62. The molecule has 0 amide bonds. The molecule has 3 aromatic carbocycles. The molecule has 7 rings (SSSR count). The molecular formula is C46H62N27P5. The average molecular weight is 1150 g/mol. The summed E-state index contributed by atoms with van der Waals surface area (Å²) < 4.78 is 24.0. The van der Waals surface area contributed by atoms with Gasteiger partial charge in [-0.3, -0.25) is 47.7 Å². The monoisotopic (exact) mass is 1150 g/mol. The lowest BCUT2D eigenvalue weighted by molar-refractivity contribution is 0.474. The first-order valence-corrected chi connectivity index (χ1v) is 29.1. The van der Waals surface area contributed by atoms with Crippen molar-refractivity contribution in [3.05, 3.63) is 109 Å². The van der Waals surface area contributed by atoms with E-state index >= 15 is 0 Å². The van der Waals surface area contributed by atoms with E-state index in [1.54, 1.807) is 30.3 Å². The molecule has 0 fully saturated rings. The molecule has 3 aromatic heterocycles. The summed E-state index contributed by atoms with van der Waals surface area (Å²) in [4.78, 5) is 49.9. The van der Waals surface area contributed by atoms with Gasteiger partial charge in [-0.05, 0) is 164 Å². The fraction of sp³-hybridized carbons (Fsp3) is 0.261. The lowest BCUT2D eigenvalue weighted by Gasteiger charge is -2.41. The molecule has 0 spiro atoms. The molecule has 0 aliphatic carbocycles. The van der Waals surface area contributed by atoms with Crippen molar-refractivity contribution in [2.45, 2.75) is 0 Å². The highest BCUT2D eigenvalue weighted by atomic mass is 31.2. The van der Waals surface area contributed by atoms with Crippen molar-refractivity contribution in [1.29, 1.82) is 0 Å². The molecule has 0 unspecified atom stereocenters. The fourth-order valence-corrected chi connectivity index (χ4v) is 15.6. The molecule has 32 heteroatoms. The lowest BCUT2D eigenvalue weighted by atomic mass is 10.2. The molecule has 1 aliphatic rings. The maximum Gasteiger partial charge on any atom is 0.192 e. The molecule has 0 atom stereocenters. The van der Waals surface area contributed by atoms with Gasteiger partial charge in [-0.2, -0.15) is 14.6 Å². The summed E-state index contributed by atoms with van der Waals surface area (Å²) in [5.41, 5.74) is 5.33. The maximum absolute atomic E-state index is 5.69. The van der Waals surface area contributed by atoms with Gasteiger partial charge in [0, 0.05) is 53.5 Å². The van der Waals surface area contributed by atoms with E-state index in [-0.39, 0.29) is 25.6 Å². The quantitative estimate of drug-likeness (QED) is 0.0237. The summed E-state index contributed by atoms with van der Waals surface area (Å²) in [6, 6.07) is 34.0. The zero-order valence-electron chi connectivity index (χ0n) is 45.3. The molecule has 27 nitrogen and oxygen atoms in total. The minimum Gasteiger partial charge on any atom is -0.279 e. The predicted octanol–water partition coefficient (Wildman–Crippen LogP) is 14.5. The SMILES string of the molecule is C=Nc1ccc(N2c3cc(N=NP=NN)cc(n3)N(c3ccc(N=NP=NN)cc3)c3cc(N=NP=NN)cc(n3)N(c3ccc(N=P(N(C)C)(N(C)C)N(C)C)cc3)c3cc(N=P(N(C)C)(N(C)C)N(C)C)cc2n3)cc1. The van der Waals surface area contributed by atoms with Gasteiger partial charge in [0.25, 0.3) is 0 Å². The van der Waals surface area contributed by atoms with Crippen LogP contribution in [0.5, 0.6) is 0 Å². The third-order valence-electron chi connectivity index (χ3n) is 11.7. The normalized spacial score (nSPS) is 13.7. The summed E-state index contributed by atoms with van der Waals surface area (Å²) in [6.45, 7) is 3.78. The van der Waals surface area contributed by atoms with Crippen LogP contribution in [0.3, 0.4) is 0 Å². The Balaban J connectivity index is 1.70. The first kappa shape index (κ1) is 59.0. The van der Waals surface area contributed by atoms with Gasteiger partial charge in [0.1, 0.15) is 34.9 Å². The Bertz CT molecular complexity index is 3320. The summed E-state index contributed by atoms with van der Waals surface area (Å²) in [5.74, 6) is 18.8. The van der Waals surface area contributed by atoms with E-state index in [1.807, 2.05) is 178 Å². The van der Waals surface area contributed by atoms with Crippen LogP contribution in [0.1, 0.15) is 0 Å². The van der Waals surface area contributed by atoms with E-state index in [4.69, 9.17) is 42.0 Å². The molecule has 6 bridgehead atoms. The van der Waals surface area contributed by atoms with Gasteiger partial charge in [-0.1, -0.05) is 0 Å². The second-order valence-electron chi connectivity index (χ2n) is 17.9. The first-order valence-electron chi connectivity index (χ1n) is 23.5. The fourth-order valence-electron chi connectivity index (χ4n) is 8.79. The lowest BCUT2D eigenvalue weighted by Crippen LogP contribution is -2.30. The zero-order chi connectivity index (χ0) is 56.3. The van der Waals surface area contributed by atoms with Crippen LogP contribution >= 0.6 is 40.6 Å². The van der Waals surface area contributed by atoms with Crippen LogP contribution < -0.4 is 32.2 Å². The largest absolute Gasteiger partial charge is 0.279 e. The van der Waals surface area contributed by atoms with Crippen molar-refractivity contribution in [2.75, 3.05) is 99.3 Å². The number of anilines is 9. The van der Waals surface area contributed by atoms with E-state index in [9.17, 15) is 0 Å². The summed E-state index contributed by atoms with van der Waals surface area (Å²) in [5, 5.41) is 13.5. The second-order valence-corrected chi connectivity index (χ2v) is 27.0. The van der Waals surface area contributed by atoms with Crippen LogP contribution in [-0.2, 0) is 0 Å². The van der Waals surface area contributed by atoms with Gasteiger partial charge < -0.3 is 0 Å². The average Bonchev–Trinajstić information content (AvgIpc) is 3.42. The molecule has 4 heterocycles. The molecule has 406 valence electrons. The number of fused-ring (bicyclic) bond motifs is 6. The van der Waals surface area contributed by atoms with Gasteiger partial charge in [0.15, 0.2) is 40.6 Å². The summed E-state index contributed by atoms with van der Waals surface area (Å²) >= 11 is 0. The van der Waals surface area contributed by atoms with E-state index in [1.165, 1.54) is 0 Å². The number of aromatic nitrogens is 3. The number of nitrogens with zero attached hydrogens (tertiary/aromatic N) is 24. The third kappa shape index (κ3) is 12.9. The van der Waals surface area contributed by atoms with Crippen LogP contribution in [0, 0.1) is 0 Å². The molecule has 0 saturated heterocycles. The van der Waals surface area contributed by atoms with Crippen molar-refractivity contribution in [3.8, 4) is 0 Å². The number of benzene rings is 3. The predicted molar refractivity (Wildman–Crippen MR) is 321 cm³/mol. The smallest absolute Gasteiger partial charge is 0.192 e. The number of hydrogen-bond donors (Lipinski definition) is 3. The number of hydrogen-bond acceptors (Lipinski definition) is 15. The highest BCUT2D eigenvalue weighted by Gasteiger charge is 2.32. The molecule has 0 saturated carbocycles. The Morgan fingerprint density at radius 2 is 0.628 bits per heavy atom. The van der Waals surface area contributed by atoms with Crippen molar-refractivity contribution >= 4 is 133 Å². The Morgan fingerprint density at radius 3 is 0.910 bits per heavy atom. The van der Waals surface area contributed by atoms with E-state index < -0.39 is 15.0 Å². The molecule has 1 aliphatic heterocycles. The second kappa shape index (κ2) is 26.4. The van der Waals surface area contributed by atoms with Crippen molar-refractivity contribution in [1.82, 2.24) is 43.0 Å². The summed E-state index contributed by atoms with van der Waals surface area (Å²) in [7, 11) is 20.1. The number of nitrogens with two attached hydrogens (primary N) is 3. The van der Waals surface area contributed by atoms with Gasteiger partial charge in [-0.15, -0.1) is 30.0 Å². The molecule has 78 heavy (non-hydrogen) atoms. The van der Waals surface area contributed by atoms with Crippen molar-refractivity contribution < 1.29 is 0 Å². The standard InChI is InChI=1S/C46H62N27P5/c1-50-32-14-20-38(21-15-32)72-43-28-35(55-63-75-60-48)26-41(51-43)71(39-22-16-33(17-23-39)54-62-74-59-47)42-27-36(56-64-76-61-49)29-44(52-42)73(40-24-18-34(19-25-40)57-77(65(2)3,66(4)5)67(6)7)46-31-37(30-45(72)53-46)58-78(68(8)9,69(10)11)70(12)13/h14-31H,1,47-49H2,2-13H3. The van der Waals surface area contributed by atoms with E-state index in [2.05, 4.69) is 84.3 Å². The molecule has 0 radical (unpaired) electrons. The highest BCUT2D eigenvalue weighted by Crippen LogP contribution is 2.59. The first-order chi connectivity index (χ1) is 37.4. The summed E-state index contributed by atoms with van der Waals surface area (Å²) in [6.07, 6.45) is 0. The van der Waals surface area contributed by atoms with E-state index in [0.717, 1.165) is 5.69 Å². The molecule has 6 aromatic rings. The van der Waals surface area contributed by atoms with Crippen LogP contribution in [0.4, 0.5) is 86.1 Å². The van der Waals surface area contributed by atoms with Crippen LogP contribution in [0.15, 0.2) is 168 Å². The van der Waals surface area contributed by atoms with Crippen molar-refractivity contribution in [2.24, 2.45) is 76.6 Å². The van der Waals surface area contributed by atoms with Crippen LogP contribution in [-0.4, -0.2) is 134 Å². The third-order valence-corrected chi connectivity index (χ3v) is 20.0. The zero-order valence-corrected chi connectivity index (χ0v) is 49.8. The number of aliphatic imine (C=N–C) groups is 1. The van der Waals surface area contributed by atoms with Gasteiger partial charge in [0.05, 0.1) is 34.1 Å². The maximum atomic E-state index is 5.69. The minimum atomic E-state index is -2.62. The van der Waals surface area contributed by atoms with E-state index in [0.29, 0.717) is 80.4 Å². The van der Waals surface area contributed by atoms with Crippen molar-refractivity contribution in [3.63, 3.8) is 0 Å². The Labute approximate surface area is 459 Å². The highest BCUT2D eigenvalue weighted by molar-refractivity contribution is 7.59. The van der Waals surface area contributed by atoms with Gasteiger partial charge in [-0.25, -0.2) is 42.0 Å². The molecule has 6 N–H and O–H groups in total. The Morgan fingerprint density at radius 1 is 0.372 bits per heavy atom. The van der Waals surface area contributed by atoms with Crippen LogP contribution in [0.2, 0.25) is 0 Å². The Kier molecular flexibility index (Phi) is 20.0. The topological polar surface area (TPSA) is 294 Å². The molecular weight excluding hydrogens is 1090 g/mol. The number of pyridine rings is 3. The number of rotatable bonds is 18. The van der Waals surface area contributed by atoms with Crippen LogP contribution in [0.25, 0.3) is 0 Å². The van der Waals surface area contributed by atoms with Gasteiger partial charge in [0.2, 0.25) is 0 Å². The van der Waals surface area contributed by atoms with Gasteiger partial charge >= 0.3 is 0 Å².